The number of benzene rings is 1. The number of hydrogen-bond acceptors (Lipinski definition) is 2. The SMILES string of the molecule is CCC1CCc2cnc3ccc(OC)cc3c2C1. The van der Waals surface area contributed by atoms with Gasteiger partial charge in [0.05, 0.1) is 12.6 Å². The van der Waals surface area contributed by atoms with Gasteiger partial charge in [-0.05, 0) is 54.5 Å². The first-order valence-electron chi connectivity index (χ1n) is 6.76. The highest BCUT2D eigenvalue weighted by Crippen LogP contribution is 2.33. The molecule has 1 aliphatic rings. The number of ether oxygens (including phenoxy) is 1. The van der Waals surface area contributed by atoms with Crippen LogP contribution < -0.4 is 4.74 Å². The number of hydrogen-bond donors (Lipinski definition) is 0. The first-order chi connectivity index (χ1) is 8.81. The van der Waals surface area contributed by atoms with Crippen LogP contribution in [0.4, 0.5) is 0 Å². The smallest absolute Gasteiger partial charge is 0.119 e. The van der Waals surface area contributed by atoms with Crippen molar-refractivity contribution >= 4 is 10.9 Å². The van der Waals surface area contributed by atoms with Gasteiger partial charge in [0.25, 0.3) is 0 Å². The Kier molecular flexibility index (Phi) is 2.94. The van der Waals surface area contributed by atoms with Crippen molar-refractivity contribution in [2.45, 2.75) is 32.6 Å². The molecule has 0 N–H and O–H groups in total. The van der Waals surface area contributed by atoms with E-state index in [1.165, 1.54) is 42.2 Å². The Morgan fingerprint density at radius 2 is 2.28 bits per heavy atom. The van der Waals surface area contributed by atoms with Gasteiger partial charge in [-0.25, -0.2) is 0 Å². The van der Waals surface area contributed by atoms with E-state index >= 15 is 0 Å². The van der Waals surface area contributed by atoms with Crippen molar-refractivity contribution in [2.75, 3.05) is 7.11 Å². The molecule has 0 saturated heterocycles. The van der Waals surface area contributed by atoms with Crippen LogP contribution >= 0.6 is 0 Å². The molecule has 1 aliphatic carbocycles. The summed E-state index contributed by atoms with van der Waals surface area (Å²) in [6.07, 6.45) is 7.01. The Labute approximate surface area is 108 Å². The molecule has 0 saturated carbocycles. The predicted octanol–water partition coefficient (Wildman–Crippen LogP) is 3.76. The maximum atomic E-state index is 5.34. The summed E-state index contributed by atoms with van der Waals surface area (Å²) in [4.78, 5) is 4.57. The lowest BCUT2D eigenvalue weighted by atomic mass is 9.82. The van der Waals surface area contributed by atoms with Gasteiger partial charge in [0, 0.05) is 11.6 Å². The standard InChI is InChI=1S/C16H19NO/c1-3-11-4-5-12-10-17-16-7-6-13(18-2)9-15(16)14(12)8-11/h6-7,9-11H,3-5,8H2,1-2H3. The third-order valence-corrected chi connectivity index (χ3v) is 4.17. The molecule has 0 radical (unpaired) electrons. The second-order valence-corrected chi connectivity index (χ2v) is 5.16. The molecule has 1 aromatic carbocycles. The summed E-state index contributed by atoms with van der Waals surface area (Å²) in [7, 11) is 1.72. The van der Waals surface area contributed by atoms with Crippen LogP contribution in [-0.4, -0.2) is 12.1 Å². The van der Waals surface area contributed by atoms with Crippen LogP contribution in [0.1, 0.15) is 30.9 Å². The van der Waals surface area contributed by atoms with E-state index in [2.05, 4.69) is 30.2 Å². The average molecular weight is 241 g/mol. The van der Waals surface area contributed by atoms with E-state index in [0.29, 0.717) is 0 Å². The predicted molar refractivity (Wildman–Crippen MR) is 74.1 cm³/mol. The lowest BCUT2D eigenvalue weighted by Gasteiger charge is -2.24. The maximum Gasteiger partial charge on any atom is 0.119 e. The van der Waals surface area contributed by atoms with Gasteiger partial charge >= 0.3 is 0 Å². The van der Waals surface area contributed by atoms with E-state index in [-0.39, 0.29) is 0 Å². The van der Waals surface area contributed by atoms with Crippen LogP contribution in [-0.2, 0) is 12.8 Å². The van der Waals surface area contributed by atoms with E-state index in [1.807, 2.05) is 6.07 Å². The Bertz CT molecular complexity index is 571. The van der Waals surface area contributed by atoms with E-state index in [9.17, 15) is 0 Å². The summed E-state index contributed by atoms with van der Waals surface area (Å²) in [5.41, 5.74) is 4.02. The van der Waals surface area contributed by atoms with Gasteiger partial charge < -0.3 is 4.74 Å². The van der Waals surface area contributed by atoms with Crippen molar-refractivity contribution in [1.82, 2.24) is 4.98 Å². The molecule has 1 aromatic heterocycles. The third-order valence-electron chi connectivity index (χ3n) is 4.17. The Morgan fingerprint density at radius 3 is 3.06 bits per heavy atom. The van der Waals surface area contributed by atoms with Crippen molar-refractivity contribution in [3.8, 4) is 5.75 Å². The van der Waals surface area contributed by atoms with Gasteiger partial charge in [0.15, 0.2) is 0 Å². The first kappa shape index (κ1) is 11.5. The minimum absolute atomic E-state index is 0.828. The fourth-order valence-corrected chi connectivity index (χ4v) is 2.95. The van der Waals surface area contributed by atoms with Gasteiger partial charge in [0.1, 0.15) is 5.75 Å². The van der Waals surface area contributed by atoms with Gasteiger partial charge in [-0.3, -0.25) is 4.98 Å². The molecule has 1 heterocycles. The Hall–Kier alpha value is -1.57. The molecule has 0 bridgehead atoms. The minimum Gasteiger partial charge on any atom is -0.497 e. The largest absolute Gasteiger partial charge is 0.497 e. The minimum atomic E-state index is 0.828. The number of aryl methyl sites for hydroxylation is 1. The van der Waals surface area contributed by atoms with Crippen molar-refractivity contribution < 1.29 is 4.74 Å². The molecular weight excluding hydrogens is 222 g/mol. The second-order valence-electron chi connectivity index (χ2n) is 5.16. The summed E-state index contributed by atoms with van der Waals surface area (Å²) in [6.45, 7) is 2.29. The average Bonchev–Trinajstić information content (AvgIpc) is 2.45. The van der Waals surface area contributed by atoms with Crippen molar-refractivity contribution in [3.05, 3.63) is 35.5 Å². The van der Waals surface area contributed by atoms with Crippen LogP contribution in [0.3, 0.4) is 0 Å². The zero-order valence-electron chi connectivity index (χ0n) is 11.1. The fourth-order valence-electron chi connectivity index (χ4n) is 2.95. The molecule has 2 nitrogen and oxygen atoms in total. The molecule has 0 spiro atoms. The number of aromatic nitrogens is 1. The lowest BCUT2D eigenvalue weighted by molar-refractivity contribution is 0.415. The molecule has 3 rings (SSSR count). The summed E-state index contributed by atoms with van der Waals surface area (Å²) in [6, 6.07) is 6.19. The van der Waals surface area contributed by atoms with E-state index in [1.54, 1.807) is 7.11 Å². The molecule has 0 fully saturated rings. The van der Waals surface area contributed by atoms with E-state index < -0.39 is 0 Å². The maximum absolute atomic E-state index is 5.34. The van der Waals surface area contributed by atoms with Crippen LogP contribution in [0.2, 0.25) is 0 Å². The van der Waals surface area contributed by atoms with Gasteiger partial charge in [0.2, 0.25) is 0 Å². The van der Waals surface area contributed by atoms with Gasteiger partial charge in [-0.15, -0.1) is 0 Å². The van der Waals surface area contributed by atoms with Crippen molar-refractivity contribution in [3.63, 3.8) is 0 Å². The van der Waals surface area contributed by atoms with E-state index in [0.717, 1.165) is 17.2 Å². The molecule has 18 heavy (non-hydrogen) atoms. The van der Waals surface area contributed by atoms with Crippen LogP contribution in [0, 0.1) is 5.92 Å². The topological polar surface area (TPSA) is 22.1 Å². The lowest BCUT2D eigenvalue weighted by Crippen LogP contribution is -2.14. The molecule has 2 heteroatoms. The zero-order valence-corrected chi connectivity index (χ0v) is 11.1. The number of methoxy groups -OCH3 is 1. The number of pyridine rings is 1. The van der Waals surface area contributed by atoms with Gasteiger partial charge in [-0.1, -0.05) is 13.3 Å². The quantitative estimate of drug-likeness (QED) is 0.798. The molecule has 0 aliphatic heterocycles. The number of rotatable bonds is 2. The van der Waals surface area contributed by atoms with Crippen molar-refractivity contribution in [1.29, 1.82) is 0 Å². The number of nitrogens with zero attached hydrogens (tertiary/aromatic N) is 1. The molecular formula is C16H19NO. The van der Waals surface area contributed by atoms with Crippen LogP contribution in [0.5, 0.6) is 5.75 Å². The van der Waals surface area contributed by atoms with E-state index in [4.69, 9.17) is 4.74 Å². The van der Waals surface area contributed by atoms with Crippen LogP contribution in [0.25, 0.3) is 10.9 Å². The van der Waals surface area contributed by atoms with Gasteiger partial charge in [-0.2, -0.15) is 0 Å². The summed E-state index contributed by atoms with van der Waals surface area (Å²) in [5, 5.41) is 1.28. The normalized spacial score (nSPS) is 18.7. The highest BCUT2D eigenvalue weighted by Gasteiger charge is 2.19. The summed E-state index contributed by atoms with van der Waals surface area (Å²) < 4.78 is 5.34. The zero-order chi connectivity index (χ0) is 12.5. The summed E-state index contributed by atoms with van der Waals surface area (Å²) >= 11 is 0. The highest BCUT2D eigenvalue weighted by atomic mass is 16.5. The fraction of sp³-hybridized carbons (Fsp3) is 0.438. The Morgan fingerprint density at radius 1 is 1.39 bits per heavy atom. The van der Waals surface area contributed by atoms with Crippen LogP contribution in [0.15, 0.2) is 24.4 Å². The highest BCUT2D eigenvalue weighted by molar-refractivity contribution is 5.84. The number of fused-ring (bicyclic) bond motifs is 3. The summed E-state index contributed by atoms with van der Waals surface area (Å²) in [5.74, 6) is 1.76. The molecule has 94 valence electrons. The molecule has 0 amide bonds. The monoisotopic (exact) mass is 241 g/mol. The Balaban J connectivity index is 2.16. The molecule has 2 aromatic rings. The first-order valence-corrected chi connectivity index (χ1v) is 6.76. The third kappa shape index (κ3) is 1.86. The molecule has 1 atom stereocenters. The molecule has 1 unspecified atom stereocenters. The van der Waals surface area contributed by atoms with Crippen molar-refractivity contribution in [2.24, 2.45) is 5.92 Å². The second kappa shape index (κ2) is 4.60.